The molecular formula is C19H20ClN. The molecule has 0 amide bonds. The van der Waals surface area contributed by atoms with Gasteiger partial charge in [-0.25, -0.2) is 0 Å². The highest BCUT2D eigenvalue weighted by Crippen LogP contribution is 2.44. The number of nitrogens with one attached hydrogen (secondary N) is 1. The monoisotopic (exact) mass is 297 g/mol. The molecule has 1 nitrogen and oxygen atoms in total. The van der Waals surface area contributed by atoms with E-state index in [1.165, 1.54) is 30.4 Å². The molecule has 0 bridgehead atoms. The molecule has 2 aliphatic carbocycles. The Morgan fingerprint density at radius 1 is 0.857 bits per heavy atom. The van der Waals surface area contributed by atoms with Gasteiger partial charge < -0.3 is 5.32 Å². The minimum absolute atomic E-state index is 0.688. The highest BCUT2D eigenvalue weighted by atomic mass is 35.5. The third-order valence-electron chi connectivity index (χ3n) is 4.93. The van der Waals surface area contributed by atoms with E-state index in [4.69, 9.17) is 11.6 Å². The molecule has 0 heterocycles. The van der Waals surface area contributed by atoms with Crippen molar-refractivity contribution in [1.29, 1.82) is 0 Å². The van der Waals surface area contributed by atoms with Gasteiger partial charge in [0.15, 0.2) is 0 Å². The highest BCUT2D eigenvalue weighted by molar-refractivity contribution is 6.30. The van der Waals surface area contributed by atoms with Crippen LogP contribution in [0.1, 0.15) is 42.2 Å². The third-order valence-corrected chi connectivity index (χ3v) is 5.16. The summed E-state index contributed by atoms with van der Waals surface area (Å²) in [5, 5.41) is 4.68. The predicted molar refractivity (Wildman–Crippen MR) is 87.9 cm³/mol. The Morgan fingerprint density at radius 3 is 2.38 bits per heavy atom. The highest BCUT2D eigenvalue weighted by Gasteiger charge is 2.42. The van der Waals surface area contributed by atoms with E-state index >= 15 is 0 Å². The largest absolute Gasteiger partial charge is 0.311 e. The number of hydrogen-bond acceptors (Lipinski definition) is 1. The Hall–Kier alpha value is -1.31. The number of hydrogen-bond donors (Lipinski definition) is 1. The first kappa shape index (κ1) is 13.4. The van der Waals surface area contributed by atoms with Crippen molar-refractivity contribution >= 4 is 11.6 Å². The fourth-order valence-corrected chi connectivity index (χ4v) is 3.74. The summed E-state index contributed by atoms with van der Waals surface area (Å²) in [5.74, 6) is 1.42. The number of rotatable bonds is 4. The summed E-state index contributed by atoms with van der Waals surface area (Å²) in [6.07, 6.45) is 3.79. The van der Waals surface area contributed by atoms with Crippen LogP contribution in [0.4, 0.5) is 0 Å². The van der Waals surface area contributed by atoms with Crippen LogP contribution in [0.5, 0.6) is 0 Å². The van der Waals surface area contributed by atoms with Gasteiger partial charge in [-0.15, -0.1) is 0 Å². The number of halogens is 1. The topological polar surface area (TPSA) is 12.0 Å². The van der Waals surface area contributed by atoms with Gasteiger partial charge in [-0.1, -0.05) is 54.1 Å². The second-order valence-corrected chi connectivity index (χ2v) is 6.88. The van der Waals surface area contributed by atoms with Gasteiger partial charge >= 0.3 is 0 Å². The van der Waals surface area contributed by atoms with E-state index in [0.717, 1.165) is 10.9 Å². The van der Waals surface area contributed by atoms with Crippen molar-refractivity contribution in [1.82, 2.24) is 5.32 Å². The van der Waals surface area contributed by atoms with E-state index in [1.54, 1.807) is 0 Å². The van der Waals surface area contributed by atoms with Crippen molar-refractivity contribution in [2.24, 2.45) is 0 Å². The van der Waals surface area contributed by atoms with Gasteiger partial charge in [0.2, 0.25) is 0 Å². The molecule has 1 N–H and O–H groups in total. The zero-order valence-corrected chi connectivity index (χ0v) is 12.8. The van der Waals surface area contributed by atoms with Crippen LogP contribution < -0.4 is 5.32 Å². The Bertz CT molecular complexity index is 618. The van der Waals surface area contributed by atoms with Gasteiger partial charge in [0.05, 0.1) is 0 Å². The maximum atomic E-state index is 6.07. The maximum absolute atomic E-state index is 6.07. The van der Waals surface area contributed by atoms with E-state index in [-0.39, 0.29) is 0 Å². The first-order valence-corrected chi connectivity index (χ1v) is 8.24. The number of benzene rings is 2. The summed E-state index contributed by atoms with van der Waals surface area (Å²) in [6.45, 7) is 0. The van der Waals surface area contributed by atoms with Crippen LogP contribution in [-0.4, -0.2) is 12.1 Å². The second kappa shape index (κ2) is 5.47. The van der Waals surface area contributed by atoms with Gasteiger partial charge in [-0.2, -0.15) is 0 Å². The SMILES string of the molecule is Clc1cccc(C2CC(NC3CC3c3ccccc3)C2)c1. The molecule has 0 aromatic heterocycles. The molecule has 0 saturated heterocycles. The smallest absolute Gasteiger partial charge is 0.0408 e. The van der Waals surface area contributed by atoms with Crippen LogP contribution in [0.2, 0.25) is 5.02 Å². The summed E-state index contributed by atoms with van der Waals surface area (Å²) in [5.41, 5.74) is 2.89. The van der Waals surface area contributed by atoms with Crippen LogP contribution in [-0.2, 0) is 0 Å². The molecule has 2 fully saturated rings. The van der Waals surface area contributed by atoms with E-state index < -0.39 is 0 Å². The van der Waals surface area contributed by atoms with Crippen molar-refractivity contribution in [3.63, 3.8) is 0 Å². The standard InChI is InChI=1S/C19H20ClN/c20-16-8-4-7-14(9-16)15-10-17(11-15)21-19-12-18(19)13-5-2-1-3-6-13/h1-9,15,17-19,21H,10-12H2. The lowest BCUT2D eigenvalue weighted by atomic mass is 9.76. The molecule has 21 heavy (non-hydrogen) atoms. The second-order valence-electron chi connectivity index (χ2n) is 6.45. The molecule has 0 spiro atoms. The van der Waals surface area contributed by atoms with Crippen molar-refractivity contribution < 1.29 is 0 Å². The molecule has 2 aliphatic rings. The molecule has 2 aromatic rings. The van der Waals surface area contributed by atoms with Crippen molar-refractivity contribution in [3.8, 4) is 0 Å². The first-order valence-electron chi connectivity index (χ1n) is 7.86. The van der Waals surface area contributed by atoms with Gasteiger partial charge in [-0.3, -0.25) is 0 Å². The lowest BCUT2D eigenvalue weighted by Crippen LogP contribution is -2.41. The molecule has 2 unspecified atom stereocenters. The molecule has 108 valence electrons. The van der Waals surface area contributed by atoms with E-state index in [0.29, 0.717) is 18.0 Å². The van der Waals surface area contributed by atoms with E-state index in [1.807, 2.05) is 6.07 Å². The molecule has 2 atom stereocenters. The van der Waals surface area contributed by atoms with Crippen LogP contribution in [0.15, 0.2) is 54.6 Å². The maximum Gasteiger partial charge on any atom is 0.0408 e. The summed E-state index contributed by atoms with van der Waals surface area (Å²) in [4.78, 5) is 0. The van der Waals surface area contributed by atoms with Crippen molar-refractivity contribution in [2.45, 2.75) is 43.2 Å². The Morgan fingerprint density at radius 2 is 1.62 bits per heavy atom. The van der Waals surface area contributed by atoms with E-state index in [2.05, 4.69) is 53.8 Å². The quantitative estimate of drug-likeness (QED) is 0.860. The summed E-state index contributed by atoms with van der Waals surface area (Å²) < 4.78 is 0. The zero-order valence-electron chi connectivity index (χ0n) is 12.0. The fourth-order valence-electron chi connectivity index (χ4n) is 3.54. The van der Waals surface area contributed by atoms with Crippen LogP contribution >= 0.6 is 11.6 Å². The molecule has 2 saturated carbocycles. The average Bonchev–Trinajstić information content (AvgIpc) is 3.23. The first-order chi connectivity index (χ1) is 10.3. The minimum Gasteiger partial charge on any atom is -0.311 e. The van der Waals surface area contributed by atoms with Gasteiger partial charge in [0.1, 0.15) is 0 Å². The van der Waals surface area contributed by atoms with E-state index in [9.17, 15) is 0 Å². The van der Waals surface area contributed by atoms with Gasteiger partial charge in [0, 0.05) is 23.0 Å². The minimum atomic E-state index is 0.688. The normalized spacial score (nSPS) is 30.7. The van der Waals surface area contributed by atoms with Crippen molar-refractivity contribution in [3.05, 3.63) is 70.7 Å². The van der Waals surface area contributed by atoms with Crippen LogP contribution in [0.25, 0.3) is 0 Å². The summed E-state index contributed by atoms with van der Waals surface area (Å²) >= 11 is 6.07. The Kier molecular flexibility index (Phi) is 3.48. The predicted octanol–water partition coefficient (Wildman–Crippen LogP) is 4.73. The van der Waals surface area contributed by atoms with Crippen LogP contribution in [0.3, 0.4) is 0 Å². The Labute approximate surface area is 131 Å². The molecule has 4 rings (SSSR count). The lowest BCUT2D eigenvalue weighted by molar-refractivity contribution is 0.287. The summed E-state index contributed by atoms with van der Waals surface area (Å²) in [6, 6.07) is 20.6. The lowest BCUT2D eigenvalue weighted by Gasteiger charge is -2.36. The molecular weight excluding hydrogens is 278 g/mol. The van der Waals surface area contributed by atoms with Gasteiger partial charge in [0.25, 0.3) is 0 Å². The Balaban J connectivity index is 1.28. The third kappa shape index (κ3) is 2.86. The summed E-state index contributed by atoms with van der Waals surface area (Å²) in [7, 11) is 0. The molecule has 2 heteroatoms. The zero-order chi connectivity index (χ0) is 14.2. The van der Waals surface area contributed by atoms with Gasteiger partial charge in [-0.05, 0) is 48.4 Å². The molecule has 0 radical (unpaired) electrons. The van der Waals surface area contributed by atoms with Crippen LogP contribution in [0, 0.1) is 0 Å². The van der Waals surface area contributed by atoms with Crippen molar-refractivity contribution in [2.75, 3.05) is 0 Å². The molecule has 2 aromatic carbocycles. The molecule has 0 aliphatic heterocycles. The average molecular weight is 298 g/mol. The fraction of sp³-hybridized carbons (Fsp3) is 0.368.